The number of nitrogens with one attached hydrogen (secondary N) is 2. The molecule has 0 aliphatic rings. The van der Waals surface area contributed by atoms with E-state index >= 15 is 0 Å². The van der Waals surface area contributed by atoms with E-state index in [2.05, 4.69) is 20.4 Å². The second-order valence-corrected chi connectivity index (χ2v) is 4.89. The molecule has 0 aliphatic carbocycles. The summed E-state index contributed by atoms with van der Waals surface area (Å²) in [6.45, 7) is 0. The van der Waals surface area contributed by atoms with Crippen molar-refractivity contribution in [2.75, 3.05) is 10.9 Å². The van der Waals surface area contributed by atoms with Crippen molar-refractivity contribution in [3.63, 3.8) is 0 Å². The van der Waals surface area contributed by atoms with Gasteiger partial charge in [0.25, 0.3) is 0 Å². The Kier molecular flexibility index (Phi) is 7.14. The fraction of sp³-hybridized carbons (Fsp3) is 0.200. The Morgan fingerprint density at radius 3 is 1.81 bits per heavy atom. The molecule has 0 aromatic carbocycles. The zero-order valence-electron chi connectivity index (χ0n) is 12.1. The number of hydrazine groups is 2. The monoisotopic (exact) mass is 424 g/mol. The van der Waals surface area contributed by atoms with Crippen molar-refractivity contribution in [1.29, 1.82) is 0 Å². The molecule has 0 saturated heterocycles. The average molecular weight is 425 g/mol. The number of rotatable bonds is 2. The summed E-state index contributed by atoms with van der Waals surface area (Å²) in [4.78, 5) is 0. The molecule has 0 radical (unpaired) electrons. The van der Waals surface area contributed by atoms with Crippen molar-refractivity contribution in [3.8, 4) is 0 Å². The number of alkyl halides is 6. The van der Waals surface area contributed by atoms with Crippen LogP contribution in [0.4, 0.5) is 38.0 Å². The van der Waals surface area contributed by atoms with Gasteiger partial charge < -0.3 is 10.9 Å². The summed E-state index contributed by atoms with van der Waals surface area (Å²) in [5, 5.41) is 11.6. The minimum absolute atomic E-state index is 0.197. The molecule has 6 N–H and O–H groups in total. The summed E-state index contributed by atoms with van der Waals surface area (Å²) in [6.07, 6.45) is -9.11. The SMILES string of the molecule is NNc1cc(C(F)(F)F)c(Cl)nn1.NNc1nnc(Cl)cc1C(F)(F)F. The molecule has 0 bridgehead atoms. The number of hydrogen-bond donors (Lipinski definition) is 4. The molecule has 0 atom stereocenters. The van der Waals surface area contributed by atoms with Crippen LogP contribution in [0.5, 0.6) is 0 Å². The number of nitrogens with two attached hydrogens (primary N) is 2. The minimum atomic E-state index is -4.56. The molecule has 0 aliphatic heterocycles. The number of halogens is 8. The lowest BCUT2D eigenvalue weighted by molar-refractivity contribution is -0.138. The normalized spacial score (nSPS) is 11.5. The molecule has 2 aromatic rings. The lowest BCUT2D eigenvalue weighted by Crippen LogP contribution is -2.17. The third-order valence-corrected chi connectivity index (χ3v) is 2.87. The van der Waals surface area contributed by atoms with Gasteiger partial charge in [-0.25, -0.2) is 11.7 Å². The highest BCUT2D eigenvalue weighted by Crippen LogP contribution is 2.34. The van der Waals surface area contributed by atoms with Gasteiger partial charge in [0.15, 0.2) is 21.9 Å². The van der Waals surface area contributed by atoms with E-state index in [0.717, 1.165) is 0 Å². The Hall–Kier alpha value is -2.16. The van der Waals surface area contributed by atoms with Gasteiger partial charge in [-0.1, -0.05) is 23.2 Å². The van der Waals surface area contributed by atoms with Gasteiger partial charge in [0, 0.05) is 0 Å². The molecule has 0 unspecified atom stereocenters. The largest absolute Gasteiger partial charge is 0.420 e. The number of aromatic nitrogens is 4. The molecule has 144 valence electrons. The van der Waals surface area contributed by atoms with E-state index in [1.807, 2.05) is 5.43 Å². The van der Waals surface area contributed by atoms with Crippen molar-refractivity contribution in [3.05, 3.63) is 33.6 Å². The van der Waals surface area contributed by atoms with E-state index in [4.69, 9.17) is 34.9 Å². The summed E-state index contributed by atoms with van der Waals surface area (Å²) in [6, 6.07) is 1.32. The third kappa shape index (κ3) is 5.98. The molecule has 0 saturated carbocycles. The van der Waals surface area contributed by atoms with Crippen LogP contribution in [0.1, 0.15) is 11.1 Å². The molecule has 16 heteroatoms. The Balaban J connectivity index is 0.000000260. The molecule has 0 spiro atoms. The fourth-order valence-corrected chi connectivity index (χ4v) is 1.68. The zero-order chi connectivity index (χ0) is 20.1. The van der Waals surface area contributed by atoms with Crippen molar-refractivity contribution < 1.29 is 26.3 Å². The number of hydrogen-bond acceptors (Lipinski definition) is 8. The van der Waals surface area contributed by atoms with E-state index in [1.54, 1.807) is 5.43 Å². The quantitative estimate of drug-likeness (QED) is 0.329. The van der Waals surface area contributed by atoms with Crippen LogP contribution in [-0.2, 0) is 12.4 Å². The Morgan fingerprint density at radius 2 is 1.35 bits per heavy atom. The van der Waals surface area contributed by atoms with E-state index in [-0.39, 0.29) is 11.0 Å². The first kappa shape index (κ1) is 21.9. The topological polar surface area (TPSA) is 128 Å². The van der Waals surface area contributed by atoms with Crippen LogP contribution < -0.4 is 22.5 Å². The maximum atomic E-state index is 12.2. The van der Waals surface area contributed by atoms with Crippen molar-refractivity contribution >= 4 is 34.8 Å². The third-order valence-electron chi connectivity index (χ3n) is 2.41. The van der Waals surface area contributed by atoms with Crippen LogP contribution in [0, 0.1) is 0 Å². The van der Waals surface area contributed by atoms with E-state index < -0.39 is 34.5 Å². The molecule has 2 heterocycles. The second-order valence-electron chi connectivity index (χ2n) is 4.15. The van der Waals surface area contributed by atoms with Gasteiger partial charge in [0.2, 0.25) is 0 Å². The standard InChI is InChI=1S/2C5H4ClF3N4/c6-4-2(5(7,8)9)1-3(11-10)12-13-4;6-3-1-2(5(7,8)9)4(11-10)13-12-3/h1H,10H2,(H,11,12);1H,10H2,(H,11,13). The highest BCUT2D eigenvalue weighted by molar-refractivity contribution is 6.30. The first-order valence-electron chi connectivity index (χ1n) is 6.04. The van der Waals surface area contributed by atoms with Crippen LogP contribution in [-0.4, -0.2) is 20.4 Å². The molecule has 0 fully saturated rings. The molecule has 0 amide bonds. The molecular formula is C10H8Cl2F6N8. The summed E-state index contributed by atoms with van der Waals surface area (Å²) in [7, 11) is 0. The number of nitrogens with zero attached hydrogens (tertiary/aromatic N) is 4. The molecule has 2 rings (SSSR count). The smallest absolute Gasteiger partial charge is 0.307 e. The fourth-order valence-electron chi connectivity index (χ4n) is 1.34. The van der Waals surface area contributed by atoms with Gasteiger partial charge in [-0.05, 0) is 12.1 Å². The molecule has 8 nitrogen and oxygen atoms in total. The van der Waals surface area contributed by atoms with Crippen molar-refractivity contribution in [2.45, 2.75) is 12.4 Å². The predicted molar refractivity (Wildman–Crippen MR) is 79.7 cm³/mol. The van der Waals surface area contributed by atoms with Gasteiger partial charge >= 0.3 is 12.4 Å². The van der Waals surface area contributed by atoms with Crippen molar-refractivity contribution in [1.82, 2.24) is 20.4 Å². The van der Waals surface area contributed by atoms with Gasteiger partial charge in [0.05, 0.1) is 5.56 Å². The highest BCUT2D eigenvalue weighted by Gasteiger charge is 2.35. The first-order valence-corrected chi connectivity index (χ1v) is 6.79. The van der Waals surface area contributed by atoms with Crippen molar-refractivity contribution in [2.24, 2.45) is 11.7 Å². The summed E-state index contributed by atoms with van der Waals surface area (Å²) in [5.41, 5.74) is 1.59. The highest BCUT2D eigenvalue weighted by atomic mass is 35.5. The van der Waals surface area contributed by atoms with Gasteiger partial charge in [-0.15, -0.1) is 20.4 Å². The Bertz CT molecular complexity index is 753. The lowest BCUT2D eigenvalue weighted by atomic mass is 10.3. The van der Waals surface area contributed by atoms with Crippen LogP contribution in [0.3, 0.4) is 0 Å². The van der Waals surface area contributed by atoms with Crippen LogP contribution >= 0.6 is 23.2 Å². The summed E-state index contributed by atoms with van der Waals surface area (Å²) in [5.74, 6) is 8.90. The maximum absolute atomic E-state index is 12.2. The van der Waals surface area contributed by atoms with Gasteiger partial charge in [-0.2, -0.15) is 26.3 Å². The molecule has 26 heavy (non-hydrogen) atoms. The Morgan fingerprint density at radius 1 is 0.769 bits per heavy atom. The summed E-state index contributed by atoms with van der Waals surface area (Å²) >= 11 is 10.4. The predicted octanol–water partition coefficient (Wildman–Crippen LogP) is 2.87. The van der Waals surface area contributed by atoms with Crippen LogP contribution in [0.15, 0.2) is 12.1 Å². The molecule has 2 aromatic heterocycles. The lowest BCUT2D eigenvalue weighted by Gasteiger charge is -2.09. The van der Waals surface area contributed by atoms with Gasteiger partial charge in [0.1, 0.15) is 5.56 Å². The Labute approximate surface area is 150 Å². The minimum Gasteiger partial charge on any atom is -0.307 e. The maximum Gasteiger partial charge on any atom is 0.420 e. The van der Waals surface area contributed by atoms with Crippen LogP contribution in [0.25, 0.3) is 0 Å². The van der Waals surface area contributed by atoms with E-state index in [0.29, 0.717) is 12.1 Å². The van der Waals surface area contributed by atoms with E-state index in [1.165, 1.54) is 0 Å². The summed E-state index contributed by atoms with van der Waals surface area (Å²) < 4.78 is 73.0. The van der Waals surface area contributed by atoms with Gasteiger partial charge in [-0.3, -0.25) is 0 Å². The number of anilines is 2. The average Bonchev–Trinajstić information content (AvgIpc) is 2.54. The number of nitrogen functional groups attached to an aromatic ring is 2. The first-order chi connectivity index (χ1) is 11.9. The second kappa shape index (κ2) is 8.48. The van der Waals surface area contributed by atoms with Crippen LogP contribution in [0.2, 0.25) is 10.3 Å². The molecular weight excluding hydrogens is 417 g/mol. The van der Waals surface area contributed by atoms with E-state index in [9.17, 15) is 26.3 Å². The zero-order valence-corrected chi connectivity index (χ0v) is 13.6.